The van der Waals surface area contributed by atoms with E-state index in [4.69, 9.17) is 10.5 Å². The van der Waals surface area contributed by atoms with Gasteiger partial charge in [-0.15, -0.1) is 0 Å². The van der Waals surface area contributed by atoms with Crippen LogP contribution in [0.3, 0.4) is 0 Å². The Kier molecular flexibility index (Phi) is 4.73. The van der Waals surface area contributed by atoms with Crippen LogP contribution in [0.4, 0.5) is 17.1 Å². The summed E-state index contributed by atoms with van der Waals surface area (Å²) in [6.45, 7) is 4.54. The third kappa shape index (κ3) is 4.03. The van der Waals surface area contributed by atoms with Crippen LogP contribution < -0.4 is 26.4 Å². The number of ether oxygens (including phenoxy) is 1. The van der Waals surface area contributed by atoms with Gasteiger partial charge in [-0.3, -0.25) is 4.79 Å². The summed E-state index contributed by atoms with van der Waals surface area (Å²) in [4.78, 5) is 16.2. The zero-order valence-electron chi connectivity index (χ0n) is 17.7. The van der Waals surface area contributed by atoms with Crippen molar-refractivity contribution >= 4 is 33.7 Å². The molecule has 0 spiro atoms. The fraction of sp³-hybridized carbons (Fsp3) is 0.292. The Bertz CT molecular complexity index is 1190. The lowest BCUT2D eigenvalue weighted by atomic mass is 10.1. The van der Waals surface area contributed by atoms with Gasteiger partial charge in [0.2, 0.25) is 5.78 Å². The summed E-state index contributed by atoms with van der Waals surface area (Å²) in [7, 11) is 0. The summed E-state index contributed by atoms with van der Waals surface area (Å²) in [5.41, 5.74) is 11.0. The van der Waals surface area contributed by atoms with Gasteiger partial charge in [-0.05, 0) is 75.1 Å². The van der Waals surface area contributed by atoms with Gasteiger partial charge in [-0.25, -0.2) is 0 Å². The number of rotatable bonds is 7. The van der Waals surface area contributed by atoms with E-state index < -0.39 is 0 Å². The highest BCUT2D eigenvalue weighted by atomic mass is 16.5. The van der Waals surface area contributed by atoms with Gasteiger partial charge in [0.1, 0.15) is 11.6 Å². The first-order valence-electron chi connectivity index (χ1n) is 10.7. The van der Waals surface area contributed by atoms with Crippen LogP contribution in [-0.2, 0) is 0 Å². The number of anilines is 3. The molecule has 31 heavy (non-hydrogen) atoms. The molecule has 2 heterocycles. The molecule has 5 rings (SSSR count). The normalized spacial score (nSPS) is 18.1. The molecule has 0 bridgehead atoms. The van der Waals surface area contributed by atoms with Crippen LogP contribution in [0.2, 0.25) is 0 Å². The number of carbonyl (C=O) groups is 1. The Balaban J connectivity index is 1.32. The van der Waals surface area contributed by atoms with Crippen molar-refractivity contribution in [3.63, 3.8) is 0 Å². The van der Waals surface area contributed by atoms with E-state index in [1.807, 2.05) is 49.4 Å². The van der Waals surface area contributed by atoms with Gasteiger partial charge in [0.25, 0.3) is 0 Å². The molecule has 0 radical (unpaired) electrons. The van der Waals surface area contributed by atoms with Gasteiger partial charge < -0.3 is 31.4 Å². The van der Waals surface area contributed by atoms with E-state index in [2.05, 4.69) is 20.9 Å². The van der Waals surface area contributed by atoms with Crippen LogP contribution >= 0.6 is 0 Å². The highest BCUT2D eigenvalue weighted by molar-refractivity contribution is 6.10. The van der Waals surface area contributed by atoms with Crippen LogP contribution in [0, 0.1) is 5.92 Å². The van der Waals surface area contributed by atoms with Crippen LogP contribution in [-0.4, -0.2) is 23.5 Å². The number of fused-ring (bicyclic) bond motifs is 2. The molecule has 7 heteroatoms. The second-order valence-corrected chi connectivity index (χ2v) is 8.45. The molecule has 1 fully saturated rings. The van der Waals surface area contributed by atoms with Crippen molar-refractivity contribution in [2.75, 3.05) is 22.6 Å². The lowest BCUT2D eigenvalue weighted by molar-refractivity contribution is 0.102. The highest BCUT2D eigenvalue weighted by Crippen LogP contribution is 2.32. The predicted molar refractivity (Wildman–Crippen MR) is 125 cm³/mol. The number of Topliss-reactive ketones (excluding diaryl/α,β-unsaturated/α-hetero) is 1. The molecular formula is C24H27N5O2. The van der Waals surface area contributed by atoms with E-state index in [-0.39, 0.29) is 11.9 Å². The van der Waals surface area contributed by atoms with E-state index in [0.29, 0.717) is 23.0 Å². The fourth-order valence-electron chi connectivity index (χ4n) is 3.76. The average molecular weight is 418 g/mol. The topological polar surface area (TPSA) is 104 Å². The monoisotopic (exact) mass is 417 g/mol. The number of hydrogen-bond acceptors (Lipinski definition) is 6. The molecule has 2 aromatic carbocycles. The van der Waals surface area contributed by atoms with Crippen molar-refractivity contribution in [1.82, 2.24) is 4.98 Å². The maximum Gasteiger partial charge on any atom is 0.208 e. The van der Waals surface area contributed by atoms with Gasteiger partial charge in [0.05, 0.1) is 29.8 Å². The molecule has 160 valence electrons. The molecule has 2 aliphatic rings. The summed E-state index contributed by atoms with van der Waals surface area (Å²) in [6, 6.07) is 13.6. The number of carbonyl (C=O) groups excluding carboxylic acids is 1. The minimum atomic E-state index is -0.142. The number of ketones is 1. The first-order chi connectivity index (χ1) is 15.0. The van der Waals surface area contributed by atoms with Crippen molar-refractivity contribution in [2.24, 2.45) is 11.7 Å². The van der Waals surface area contributed by atoms with Gasteiger partial charge in [0.15, 0.2) is 0 Å². The first kappa shape index (κ1) is 19.4. The number of benzene rings is 2. The number of H-pyrrole nitrogens is 1. The Morgan fingerprint density at radius 1 is 1.13 bits per heavy atom. The average Bonchev–Trinajstić information content (AvgIpc) is 3.37. The van der Waals surface area contributed by atoms with Crippen LogP contribution in [0.15, 0.2) is 53.9 Å². The lowest BCUT2D eigenvalue weighted by Gasteiger charge is -2.11. The van der Waals surface area contributed by atoms with Gasteiger partial charge >= 0.3 is 0 Å². The standard InChI is InChI=1S/C24H27N5O2/c1-13(24(25)28-17-5-7-20-21(11-17)27-14(2)26-20)23(30)22-10-16-9-18(6-8-19(16)29-22)31-12-15-3-4-15/h5-11,14-15,26-29H,3-4,12,25H2,1-2H3/b24-13+. The van der Waals surface area contributed by atoms with Crippen LogP contribution in [0.1, 0.15) is 37.2 Å². The van der Waals surface area contributed by atoms with Gasteiger partial charge in [0, 0.05) is 22.2 Å². The number of nitrogens with two attached hydrogens (primary N) is 1. The molecule has 1 aromatic heterocycles. The number of hydrogen-bond donors (Lipinski definition) is 5. The number of nitrogens with one attached hydrogen (secondary N) is 4. The van der Waals surface area contributed by atoms with Crippen LogP contribution in [0.5, 0.6) is 5.75 Å². The molecule has 0 saturated heterocycles. The Morgan fingerprint density at radius 3 is 2.74 bits per heavy atom. The quantitative estimate of drug-likeness (QED) is 0.284. The highest BCUT2D eigenvalue weighted by Gasteiger charge is 2.22. The Hall–Kier alpha value is -3.61. The SMILES string of the molecule is C/C(C(=O)c1cc2cc(OCC3CC3)ccc2[nH]1)=C(/N)Nc1ccc2c(c1)NC(C)N2. The zero-order chi connectivity index (χ0) is 21.5. The van der Waals surface area contributed by atoms with Crippen molar-refractivity contribution in [3.8, 4) is 5.75 Å². The fourth-order valence-corrected chi connectivity index (χ4v) is 3.76. The number of aromatic amines is 1. The summed E-state index contributed by atoms with van der Waals surface area (Å²) in [5.74, 6) is 1.72. The second-order valence-electron chi connectivity index (χ2n) is 8.45. The summed E-state index contributed by atoms with van der Waals surface area (Å²) in [5, 5.41) is 10.8. The lowest BCUT2D eigenvalue weighted by Crippen LogP contribution is -2.16. The van der Waals surface area contributed by atoms with Crippen molar-refractivity contribution in [3.05, 3.63) is 59.6 Å². The molecule has 1 aliphatic heterocycles. The Morgan fingerprint density at radius 2 is 1.94 bits per heavy atom. The number of aromatic nitrogens is 1. The van der Waals surface area contributed by atoms with E-state index in [1.54, 1.807) is 6.92 Å². The molecule has 6 N–H and O–H groups in total. The maximum absolute atomic E-state index is 13.0. The summed E-state index contributed by atoms with van der Waals surface area (Å²) < 4.78 is 5.85. The molecule has 1 atom stereocenters. The van der Waals surface area contributed by atoms with Crippen molar-refractivity contribution < 1.29 is 9.53 Å². The van der Waals surface area contributed by atoms with E-state index >= 15 is 0 Å². The van der Waals surface area contributed by atoms with Crippen molar-refractivity contribution in [2.45, 2.75) is 32.9 Å². The molecule has 7 nitrogen and oxygen atoms in total. The molecule has 1 saturated carbocycles. The predicted octanol–water partition coefficient (Wildman–Crippen LogP) is 4.63. The van der Waals surface area contributed by atoms with Gasteiger partial charge in [-0.1, -0.05) is 0 Å². The van der Waals surface area contributed by atoms with Gasteiger partial charge in [-0.2, -0.15) is 0 Å². The molecule has 1 unspecified atom stereocenters. The smallest absolute Gasteiger partial charge is 0.208 e. The minimum absolute atomic E-state index is 0.142. The third-order valence-corrected chi connectivity index (χ3v) is 5.81. The summed E-state index contributed by atoms with van der Waals surface area (Å²) >= 11 is 0. The van der Waals surface area contributed by atoms with E-state index in [1.165, 1.54) is 12.8 Å². The molecule has 3 aromatic rings. The zero-order valence-corrected chi connectivity index (χ0v) is 17.7. The summed E-state index contributed by atoms with van der Waals surface area (Å²) in [6.07, 6.45) is 2.69. The van der Waals surface area contributed by atoms with Crippen LogP contribution in [0.25, 0.3) is 10.9 Å². The Labute approximate surface area is 181 Å². The molecule has 1 aliphatic carbocycles. The maximum atomic E-state index is 13.0. The minimum Gasteiger partial charge on any atom is -0.493 e. The second kappa shape index (κ2) is 7.58. The molecular weight excluding hydrogens is 390 g/mol. The first-order valence-corrected chi connectivity index (χ1v) is 10.7. The van der Waals surface area contributed by atoms with E-state index in [9.17, 15) is 4.79 Å². The molecule has 0 amide bonds. The number of allylic oxidation sites excluding steroid dienone is 1. The third-order valence-electron chi connectivity index (χ3n) is 5.81. The van der Waals surface area contributed by atoms with E-state index in [0.717, 1.165) is 40.3 Å². The van der Waals surface area contributed by atoms with Crippen molar-refractivity contribution in [1.29, 1.82) is 0 Å². The largest absolute Gasteiger partial charge is 0.493 e.